The maximum atomic E-state index is 7.23. The minimum atomic E-state index is -2.09. The van der Waals surface area contributed by atoms with Crippen molar-refractivity contribution in [2.24, 2.45) is 0 Å². The van der Waals surface area contributed by atoms with Gasteiger partial charge in [-0.3, -0.25) is 9.97 Å². The normalized spacial score (nSPS) is 12.2. The molecule has 0 fully saturated rings. The Kier molecular flexibility index (Phi) is 7.04. The number of aryl methyl sites for hydroxylation is 1. The van der Waals surface area contributed by atoms with Crippen LogP contribution in [0.2, 0.25) is 0 Å². The molecular formula is C40H26IrN4O-2. The molecule has 0 N–H and O–H groups in total. The number of para-hydroxylation sites is 1. The van der Waals surface area contributed by atoms with E-state index in [1.54, 1.807) is 30.6 Å². The summed E-state index contributed by atoms with van der Waals surface area (Å²) in [6, 6.07) is 46.0. The molecule has 0 aliphatic rings. The molecule has 4 aromatic heterocycles. The smallest absolute Gasteiger partial charge is 0.128 e. The molecule has 46 heavy (non-hydrogen) atoms. The van der Waals surface area contributed by atoms with Gasteiger partial charge in [-0.1, -0.05) is 77.7 Å². The number of pyridine rings is 2. The van der Waals surface area contributed by atoms with Crippen LogP contribution in [0.25, 0.3) is 72.1 Å². The minimum Gasteiger partial charge on any atom is -0.500 e. The van der Waals surface area contributed by atoms with Crippen molar-refractivity contribution in [3.05, 3.63) is 158 Å². The summed E-state index contributed by atoms with van der Waals surface area (Å²) in [7, 11) is 0. The predicted molar refractivity (Wildman–Crippen MR) is 181 cm³/mol. The fraction of sp³-hybridized carbons (Fsp3) is 0.0250. The van der Waals surface area contributed by atoms with Crippen LogP contribution in [0.15, 0.2) is 144 Å². The Hall–Kier alpha value is -5.42. The molecule has 9 rings (SSSR count). The van der Waals surface area contributed by atoms with Gasteiger partial charge in [-0.2, -0.15) is 0 Å². The molecule has 0 atom stereocenters. The number of nitrogens with zero attached hydrogens (tertiary/aromatic N) is 4. The molecule has 223 valence electrons. The Morgan fingerprint density at radius 2 is 1.57 bits per heavy atom. The predicted octanol–water partition coefficient (Wildman–Crippen LogP) is 9.79. The minimum absolute atomic E-state index is 0. The second kappa shape index (κ2) is 12.5. The Morgan fingerprint density at radius 1 is 0.717 bits per heavy atom. The summed E-state index contributed by atoms with van der Waals surface area (Å²) in [5.74, 6) is 0.785. The van der Waals surface area contributed by atoms with E-state index < -0.39 is 6.85 Å². The van der Waals surface area contributed by atoms with E-state index in [1.807, 2.05) is 60.7 Å². The number of aromatic nitrogens is 4. The number of rotatable bonds is 3. The number of fused-ring (bicyclic) bond motifs is 6. The second-order valence-corrected chi connectivity index (χ2v) is 10.5. The van der Waals surface area contributed by atoms with Gasteiger partial charge in [0.2, 0.25) is 0 Å². The summed E-state index contributed by atoms with van der Waals surface area (Å²) in [6.45, 7) is -2.09. The van der Waals surface area contributed by atoms with Gasteiger partial charge < -0.3 is 14.0 Å². The van der Waals surface area contributed by atoms with Gasteiger partial charge in [-0.15, -0.1) is 54.1 Å². The van der Waals surface area contributed by atoms with Crippen LogP contribution in [-0.4, -0.2) is 19.5 Å². The van der Waals surface area contributed by atoms with Crippen molar-refractivity contribution in [1.29, 1.82) is 0 Å². The number of hydrogen-bond acceptors (Lipinski definition) is 4. The van der Waals surface area contributed by atoms with Crippen LogP contribution < -0.4 is 0 Å². The van der Waals surface area contributed by atoms with Gasteiger partial charge in [-0.25, -0.2) is 0 Å². The fourth-order valence-electron chi connectivity index (χ4n) is 5.68. The number of imidazole rings is 1. The van der Waals surface area contributed by atoms with E-state index in [0.29, 0.717) is 0 Å². The molecule has 9 aromatic rings. The Labute approximate surface area is 283 Å². The van der Waals surface area contributed by atoms with Crippen LogP contribution in [0.5, 0.6) is 0 Å². The van der Waals surface area contributed by atoms with Crippen molar-refractivity contribution in [2.75, 3.05) is 0 Å². The zero-order valence-electron chi connectivity index (χ0n) is 27.3. The number of benzene rings is 5. The topological polar surface area (TPSA) is 56.7 Å². The molecule has 0 amide bonds. The van der Waals surface area contributed by atoms with E-state index in [2.05, 4.69) is 69.1 Å². The van der Waals surface area contributed by atoms with Crippen LogP contribution in [0.3, 0.4) is 0 Å². The third-order valence-electron chi connectivity index (χ3n) is 7.77. The molecule has 6 heteroatoms. The Bertz CT molecular complexity index is 2550. The summed E-state index contributed by atoms with van der Waals surface area (Å²) in [5.41, 5.74) is 7.22. The van der Waals surface area contributed by atoms with E-state index in [9.17, 15) is 0 Å². The van der Waals surface area contributed by atoms with Gasteiger partial charge in [0.15, 0.2) is 0 Å². The second-order valence-electron chi connectivity index (χ2n) is 10.5. The maximum absolute atomic E-state index is 7.23. The molecule has 0 saturated heterocycles. The van der Waals surface area contributed by atoms with Crippen molar-refractivity contribution >= 4 is 43.7 Å². The molecule has 0 bridgehead atoms. The maximum Gasteiger partial charge on any atom is 0.128 e. The van der Waals surface area contributed by atoms with Crippen molar-refractivity contribution < 1.29 is 28.6 Å². The van der Waals surface area contributed by atoms with Crippen LogP contribution in [-0.2, 0) is 20.1 Å². The van der Waals surface area contributed by atoms with Crippen molar-refractivity contribution in [2.45, 2.75) is 6.85 Å². The van der Waals surface area contributed by atoms with Crippen LogP contribution >= 0.6 is 0 Å². The molecular weight excluding hydrogens is 745 g/mol. The average Bonchev–Trinajstić information content (AvgIpc) is 3.72. The average molecular weight is 774 g/mol. The summed E-state index contributed by atoms with van der Waals surface area (Å²) >= 11 is 0. The zero-order chi connectivity index (χ0) is 32.7. The van der Waals surface area contributed by atoms with Gasteiger partial charge in [0.25, 0.3) is 0 Å². The first-order valence-corrected chi connectivity index (χ1v) is 14.5. The fourth-order valence-corrected chi connectivity index (χ4v) is 5.68. The third kappa shape index (κ3) is 5.28. The summed E-state index contributed by atoms with van der Waals surface area (Å²) in [5, 5.41) is 4.42. The molecule has 0 aliphatic carbocycles. The van der Waals surface area contributed by atoms with Gasteiger partial charge >= 0.3 is 0 Å². The van der Waals surface area contributed by atoms with E-state index in [1.165, 1.54) is 6.20 Å². The molecule has 1 radical (unpaired) electrons. The standard InChI is InChI=1S/C28H16N3O.C12H10N.Ir/c1-2-8-19(9-3-1)31-25-15-16-29-17-24(25)30-28(31)23-12-6-11-21-22-14-13-18-7-4-5-10-20(18)26(22)32-27(21)23;1-10-7-8-12(13-9-10)11-5-3-2-4-6-11;/h1-11,13-17H;2-5,7-9H,1H3;/q2*-1;/i;1D3;. The van der Waals surface area contributed by atoms with E-state index in [-0.39, 0.29) is 25.7 Å². The van der Waals surface area contributed by atoms with Crippen LogP contribution in [0.4, 0.5) is 0 Å². The molecule has 0 saturated carbocycles. The van der Waals surface area contributed by atoms with Crippen molar-refractivity contribution in [1.82, 2.24) is 19.5 Å². The molecule has 4 heterocycles. The summed E-state index contributed by atoms with van der Waals surface area (Å²) in [4.78, 5) is 13.4. The van der Waals surface area contributed by atoms with E-state index >= 15 is 0 Å². The monoisotopic (exact) mass is 774 g/mol. The van der Waals surface area contributed by atoms with Gasteiger partial charge in [-0.05, 0) is 41.7 Å². The van der Waals surface area contributed by atoms with Gasteiger partial charge in [0, 0.05) is 53.1 Å². The van der Waals surface area contributed by atoms with Gasteiger partial charge in [0.05, 0.1) is 28.6 Å². The third-order valence-corrected chi connectivity index (χ3v) is 7.77. The van der Waals surface area contributed by atoms with Crippen molar-refractivity contribution in [3.8, 4) is 28.3 Å². The first-order chi connectivity index (χ1) is 23.5. The van der Waals surface area contributed by atoms with Crippen LogP contribution in [0, 0.1) is 19.0 Å². The molecule has 0 unspecified atom stereocenters. The largest absolute Gasteiger partial charge is 0.500 e. The quantitative estimate of drug-likeness (QED) is 0.168. The number of furan rings is 1. The van der Waals surface area contributed by atoms with Gasteiger partial charge in [0.1, 0.15) is 5.58 Å². The van der Waals surface area contributed by atoms with Crippen molar-refractivity contribution in [3.63, 3.8) is 0 Å². The Morgan fingerprint density at radius 3 is 2.39 bits per heavy atom. The molecule has 5 aromatic carbocycles. The number of hydrogen-bond donors (Lipinski definition) is 0. The summed E-state index contributed by atoms with van der Waals surface area (Å²) < 4.78 is 30.4. The van der Waals surface area contributed by atoms with Crippen LogP contribution in [0.1, 0.15) is 9.68 Å². The zero-order valence-corrected chi connectivity index (χ0v) is 26.7. The first-order valence-electron chi connectivity index (χ1n) is 16.0. The molecule has 0 spiro atoms. The van der Waals surface area contributed by atoms with E-state index in [0.717, 1.165) is 72.1 Å². The first kappa shape index (κ1) is 25.9. The summed E-state index contributed by atoms with van der Waals surface area (Å²) in [6.07, 6.45) is 4.98. The molecule has 5 nitrogen and oxygen atoms in total. The van der Waals surface area contributed by atoms with E-state index in [4.69, 9.17) is 13.5 Å². The molecule has 0 aliphatic heterocycles. The Balaban J connectivity index is 0.000000189. The SMILES string of the molecule is [2H]C([2H])([2H])c1ccc(-c2[c-]cccc2)nc1.[Ir].[c-]1ccc2c(oc3c4ccccc4ccc23)c1-c1nc2cnccc2n1-c1ccccc1.